The molecule has 1 atom stereocenters. The van der Waals surface area contributed by atoms with Crippen LogP contribution in [0.25, 0.3) is 0 Å². The van der Waals surface area contributed by atoms with Crippen LogP contribution in [0.5, 0.6) is 5.75 Å². The number of benzene rings is 1. The number of esters is 1. The highest BCUT2D eigenvalue weighted by molar-refractivity contribution is 5.96. The van der Waals surface area contributed by atoms with E-state index in [0.29, 0.717) is 24.3 Å². The van der Waals surface area contributed by atoms with Gasteiger partial charge >= 0.3 is 5.97 Å². The number of carbonyl (C=O) groups excluding carboxylic acids is 2. The average Bonchev–Trinajstić information content (AvgIpc) is 2.96. The SMILES string of the molecule is COC(=O)[C@@H](CC(C)C)NC(=O)c1ccc(OCc2c(C)noc2C)cc1. The lowest BCUT2D eigenvalue weighted by Crippen LogP contribution is -2.42. The molecule has 7 heteroatoms. The maximum Gasteiger partial charge on any atom is 0.328 e. The van der Waals surface area contributed by atoms with Crippen molar-refractivity contribution in [2.24, 2.45) is 5.92 Å². The van der Waals surface area contributed by atoms with E-state index in [0.717, 1.165) is 17.0 Å². The second-order valence-corrected chi connectivity index (χ2v) is 6.79. The Balaban J connectivity index is 1.98. The monoisotopic (exact) mass is 374 g/mol. The molecule has 146 valence electrons. The summed E-state index contributed by atoms with van der Waals surface area (Å²) in [6.45, 7) is 7.99. The standard InChI is InChI=1S/C20H26N2O5/c1-12(2)10-18(20(24)25-5)21-19(23)15-6-8-16(9-7-15)26-11-17-13(3)22-27-14(17)4/h6-9,12,18H,10-11H2,1-5H3,(H,21,23)/t18-/m1/s1. The van der Waals surface area contributed by atoms with Gasteiger partial charge in [0.25, 0.3) is 5.91 Å². The zero-order valence-electron chi connectivity index (χ0n) is 16.4. The van der Waals surface area contributed by atoms with Gasteiger partial charge in [0.1, 0.15) is 24.2 Å². The van der Waals surface area contributed by atoms with E-state index >= 15 is 0 Å². The van der Waals surface area contributed by atoms with E-state index in [-0.39, 0.29) is 11.8 Å². The highest BCUT2D eigenvalue weighted by Gasteiger charge is 2.23. The fourth-order valence-corrected chi connectivity index (χ4v) is 2.64. The first-order valence-corrected chi connectivity index (χ1v) is 8.85. The number of hydrogen-bond donors (Lipinski definition) is 1. The number of methoxy groups -OCH3 is 1. The number of nitrogens with one attached hydrogen (secondary N) is 1. The number of ether oxygens (including phenoxy) is 2. The molecule has 2 aromatic rings. The summed E-state index contributed by atoms with van der Waals surface area (Å²) in [6, 6.07) is 6.06. The van der Waals surface area contributed by atoms with E-state index in [2.05, 4.69) is 10.5 Å². The molecule has 0 fully saturated rings. The second-order valence-electron chi connectivity index (χ2n) is 6.79. The first-order valence-electron chi connectivity index (χ1n) is 8.85. The van der Waals surface area contributed by atoms with E-state index < -0.39 is 12.0 Å². The molecular weight excluding hydrogens is 348 g/mol. The fourth-order valence-electron chi connectivity index (χ4n) is 2.64. The van der Waals surface area contributed by atoms with Gasteiger partial charge in [-0.15, -0.1) is 0 Å². The Morgan fingerprint density at radius 1 is 1.19 bits per heavy atom. The van der Waals surface area contributed by atoms with Gasteiger partial charge < -0.3 is 19.3 Å². The molecular formula is C20H26N2O5. The van der Waals surface area contributed by atoms with E-state index in [1.807, 2.05) is 27.7 Å². The number of hydrogen-bond acceptors (Lipinski definition) is 6. The van der Waals surface area contributed by atoms with Crippen molar-refractivity contribution in [3.63, 3.8) is 0 Å². The number of nitrogens with zero attached hydrogens (tertiary/aromatic N) is 1. The molecule has 1 aromatic heterocycles. The Labute approximate surface area is 159 Å². The lowest BCUT2D eigenvalue weighted by atomic mass is 10.0. The van der Waals surface area contributed by atoms with Crippen LogP contribution in [0.3, 0.4) is 0 Å². The van der Waals surface area contributed by atoms with Gasteiger partial charge in [0.2, 0.25) is 0 Å². The van der Waals surface area contributed by atoms with Gasteiger partial charge in [-0.05, 0) is 50.5 Å². The van der Waals surface area contributed by atoms with Crippen molar-refractivity contribution >= 4 is 11.9 Å². The lowest BCUT2D eigenvalue weighted by Gasteiger charge is -2.18. The minimum absolute atomic E-state index is 0.245. The summed E-state index contributed by atoms with van der Waals surface area (Å²) in [7, 11) is 1.31. The largest absolute Gasteiger partial charge is 0.489 e. The smallest absolute Gasteiger partial charge is 0.328 e. The molecule has 0 aliphatic carbocycles. The summed E-state index contributed by atoms with van der Waals surface area (Å²) in [6.07, 6.45) is 0.511. The third-order valence-corrected chi connectivity index (χ3v) is 4.18. The number of aryl methyl sites for hydroxylation is 2. The minimum Gasteiger partial charge on any atom is -0.489 e. The molecule has 0 aliphatic heterocycles. The van der Waals surface area contributed by atoms with Crippen LogP contribution >= 0.6 is 0 Å². The van der Waals surface area contributed by atoms with Crippen LogP contribution in [-0.2, 0) is 16.1 Å². The average molecular weight is 374 g/mol. The summed E-state index contributed by atoms with van der Waals surface area (Å²) in [4.78, 5) is 24.3. The zero-order valence-corrected chi connectivity index (χ0v) is 16.4. The second kappa shape index (κ2) is 9.21. The summed E-state index contributed by atoms with van der Waals surface area (Å²) in [5.41, 5.74) is 2.14. The summed E-state index contributed by atoms with van der Waals surface area (Å²) >= 11 is 0. The van der Waals surface area contributed by atoms with Crippen molar-refractivity contribution in [3.05, 3.63) is 46.8 Å². The van der Waals surface area contributed by atoms with Gasteiger partial charge in [0.05, 0.1) is 18.4 Å². The Morgan fingerprint density at radius 3 is 2.37 bits per heavy atom. The molecule has 0 spiro atoms. The Morgan fingerprint density at radius 2 is 1.85 bits per heavy atom. The van der Waals surface area contributed by atoms with Crippen LogP contribution in [0.1, 0.15) is 47.6 Å². The van der Waals surface area contributed by atoms with Crippen molar-refractivity contribution < 1.29 is 23.6 Å². The first kappa shape index (κ1) is 20.5. The Kier molecular flexibility index (Phi) is 6.98. The maximum atomic E-state index is 12.4. The van der Waals surface area contributed by atoms with Crippen LogP contribution in [0, 0.1) is 19.8 Å². The molecule has 2 rings (SSSR count). The molecule has 0 unspecified atom stereocenters. The van der Waals surface area contributed by atoms with Gasteiger partial charge in [-0.25, -0.2) is 4.79 Å². The number of carbonyl (C=O) groups is 2. The molecule has 0 saturated heterocycles. The van der Waals surface area contributed by atoms with E-state index in [4.69, 9.17) is 14.0 Å². The molecule has 1 N–H and O–H groups in total. The van der Waals surface area contributed by atoms with E-state index in [1.165, 1.54) is 7.11 Å². The molecule has 0 saturated carbocycles. The Hall–Kier alpha value is -2.83. The molecule has 27 heavy (non-hydrogen) atoms. The van der Waals surface area contributed by atoms with Crippen molar-refractivity contribution in [1.82, 2.24) is 10.5 Å². The summed E-state index contributed by atoms with van der Waals surface area (Å²) < 4.78 is 15.6. The number of amides is 1. The van der Waals surface area contributed by atoms with Gasteiger partial charge in [-0.3, -0.25) is 4.79 Å². The Bertz CT molecular complexity index is 761. The quantitative estimate of drug-likeness (QED) is 0.714. The van der Waals surface area contributed by atoms with Gasteiger partial charge in [0.15, 0.2) is 0 Å². The third kappa shape index (κ3) is 5.57. The third-order valence-electron chi connectivity index (χ3n) is 4.18. The highest BCUT2D eigenvalue weighted by atomic mass is 16.5. The van der Waals surface area contributed by atoms with Crippen molar-refractivity contribution in [2.75, 3.05) is 7.11 Å². The van der Waals surface area contributed by atoms with Crippen molar-refractivity contribution in [3.8, 4) is 5.75 Å². The van der Waals surface area contributed by atoms with Crippen molar-refractivity contribution in [1.29, 1.82) is 0 Å². The predicted molar refractivity (Wildman–Crippen MR) is 99.5 cm³/mol. The van der Waals surface area contributed by atoms with Crippen molar-refractivity contribution in [2.45, 2.75) is 46.8 Å². The van der Waals surface area contributed by atoms with Crippen LogP contribution in [0.4, 0.5) is 0 Å². The van der Waals surface area contributed by atoms with E-state index in [1.54, 1.807) is 24.3 Å². The molecule has 1 amide bonds. The van der Waals surface area contributed by atoms with Crippen LogP contribution < -0.4 is 10.1 Å². The molecule has 0 radical (unpaired) electrons. The van der Waals surface area contributed by atoms with Crippen LogP contribution in [0.2, 0.25) is 0 Å². The first-order chi connectivity index (χ1) is 12.8. The fraction of sp³-hybridized carbons (Fsp3) is 0.450. The molecule has 1 heterocycles. The molecule has 1 aromatic carbocycles. The van der Waals surface area contributed by atoms with Gasteiger partial charge in [-0.2, -0.15) is 0 Å². The molecule has 7 nitrogen and oxygen atoms in total. The van der Waals surface area contributed by atoms with Gasteiger partial charge in [-0.1, -0.05) is 19.0 Å². The van der Waals surface area contributed by atoms with Crippen LogP contribution in [-0.4, -0.2) is 30.2 Å². The lowest BCUT2D eigenvalue weighted by molar-refractivity contribution is -0.143. The van der Waals surface area contributed by atoms with Gasteiger partial charge in [0, 0.05) is 5.56 Å². The van der Waals surface area contributed by atoms with Crippen LogP contribution in [0.15, 0.2) is 28.8 Å². The highest BCUT2D eigenvalue weighted by Crippen LogP contribution is 2.18. The summed E-state index contributed by atoms with van der Waals surface area (Å²) in [5.74, 6) is 0.815. The minimum atomic E-state index is -0.669. The zero-order chi connectivity index (χ0) is 20.0. The van der Waals surface area contributed by atoms with E-state index in [9.17, 15) is 9.59 Å². The molecule has 0 aliphatic rings. The topological polar surface area (TPSA) is 90.7 Å². The number of rotatable bonds is 8. The molecule has 0 bridgehead atoms. The maximum absolute atomic E-state index is 12.4. The predicted octanol–water partition coefficient (Wildman–Crippen LogP) is 3.19. The summed E-state index contributed by atoms with van der Waals surface area (Å²) in [5, 5.41) is 6.62. The number of aromatic nitrogens is 1. The normalized spacial score (nSPS) is 11.9.